The second-order valence-electron chi connectivity index (χ2n) is 3.87. The highest BCUT2D eigenvalue weighted by Crippen LogP contribution is 2.14. The molecule has 1 aromatic heterocycles. The van der Waals surface area contributed by atoms with Crippen LogP contribution in [0.25, 0.3) is 10.9 Å². The fourth-order valence-corrected chi connectivity index (χ4v) is 1.54. The Hall–Kier alpha value is -2.30. The molecule has 0 aliphatic carbocycles. The molecule has 0 saturated carbocycles. The van der Waals surface area contributed by atoms with E-state index in [0.29, 0.717) is 5.69 Å². The van der Waals surface area contributed by atoms with Crippen molar-refractivity contribution in [3.05, 3.63) is 36.0 Å². The number of hydrogen-bond acceptors (Lipinski definition) is 2. The Morgan fingerprint density at radius 3 is 2.71 bits per heavy atom. The molecule has 2 amide bonds. The van der Waals surface area contributed by atoms with Crippen molar-refractivity contribution in [3.8, 4) is 0 Å². The number of para-hydroxylation sites is 1. The smallest absolute Gasteiger partial charge is 0.268 e. The van der Waals surface area contributed by atoms with Crippen molar-refractivity contribution in [1.82, 2.24) is 10.3 Å². The number of amides is 2. The molecule has 0 radical (unpaired) electrons. The molecule has 0 spiro atoms. The van der Waals surface area contributed by atoms with E-state index in [-0.39, 0.29) is 5.91 Å². The van der Waals surface area contributed by atoms with Gasteiger partial charge in [0.15, 0.2) is 0 Å². The fourth-order valence-electron chi connectivity index (χ4n) is 1.54. The summed E-state index contributed by atoms with van der Waals surface area (Å²) in [5.74, 6) is -0.901. The lowest BCUT2D eigenvalue weighted by molar-refractivity contribution is -0.119. The maximum Gasteiger partial charge on any atom is 0.268 e. The van der Waals surface area contributed by atoms with Gasteiger partial charge in [-0.3, -0.25) is 9.59 Å². The highest BCUT2D eigenvalue weighted by atomic mass is 16.2. The van der Waals surface area contributed by atoms with Crippen LogP contribution in [0.5, 0.6) is 0 Å². The molecule has 0 saturated heterocycles. The van der Waals surface area contributed by atoms with Crippen LogP contribution < -0.4 is 11.1 Å². The Kier molecular flexibility index (Phi) is 2.82. The van der Waals surface area contributed by atoms with Crippen LogP contribution in [0.3, 0.4) is 0 Å². The number of rotatable bonds is 3. The number of nitrogens with one attached hydrogen (secondary N) is 2. The van der Waals surface area contributed by atoms with E-state index in [1.165, 1.54) is 0 Å². The summed E-state index contributed by atoms with van der Waals surface area (Å²) in [6, 6.07) is 8.60. The van der Waals surface area contributed by atoms with E-state index in [1.807, 2.05) is 24.3 Å². The van der Waals surface area contributed by atoms with Crippen LogP contribution in [0.15, 0.2) is 30.3 Å². The molecule has 88 valence electrons. The molecular formula is C12H13N3O2. The molecule has 2 rings (SSSR count). The van der Waals surface area contributed by atoms with Gasteiger partial charge >= 0.3 is 0 Å². The number of benzene rings is 1. The minimum absolute atomic E-state index is 0.340. The number of aromatic nitrogens is 1. The van der Waals surface area contributed by atoms with Gasteiger partial charge in [-0.05, 0) is 19.1 Å². The van der Waals surface area contributed by atoms with E-state index in [0.717, 1.165) is 10.9 Å². The highest BCUT2D eigenvalue weighted by molar-refractivity contribution is 5.99. The fraction of sp³-hybridized carbons (Fsp3) is 0.167. The summed E-state index contributed by atoms with van der Waals surface area (Å²) in [5.41, 5.74) is 6.37. The summed E-state index contributed by atoms with van der Waals surface area (Å²) in [7, 11) is 0. The summed E-state index contributed by atoms with van der Waals surface area (Å²) in [6.07, 6.45) is 0. The second-order valence-corrected chi connectivity index (χ2v) is 3.87. The summed E-state index contributed by atoms with van der Waals surface area (Å²) in [5, 5.41) is 3.46. The van der Waals surface area contributed by atoms with Crippen LogP contribution in [0, 0.1) is 0 Å². The normalized spacial score (nSPS) is 12.3. The van der Waals surface area contributed by atoms with Gasteiger partial charge in [-0.1, -0.05) is 18.2 Å². The quantitative estimate of drug-likeness (QED) is 0.728. The molecule has 1 atom stereocenters. The van der Waals surface area contributed by atoms with Gasteiger partial charge in [0.1, 0.15) is 11.7 Å². The molecule has 1 unspecified atom stereocenters. The molecule has 1 heterocycles. The highest BCUT2D eigenvalue weighted by Gasteiger charge is 2.15. The van der Waals surface area contributed by atoms with Gasteiger partial charge in [-0.2, -0.15) is 0 Å². The van der Waals surface area contributed by atoms with E-state index in [4.69, 9.17) is 5.73 Å². The molecule has 2 aromatic rings. The molecule has 5 nitrogen and oxygen atoms in total. The first kappa shape index (κ1) is 11.2. The van der Waals surface area contributed by atoms with Crippen molar-refractivity contribution < 1.29 is 9.59 Å². The van der Waals surface area contributed by atoms with Gasteiger partial charge in [0.25, 0.3) is 5.91 Å². The van der Waals surface area contributed by atoms with Crippen molar-refractivity contribution in [3.63, 3.8) is 0 Å². The standard InChI is InChI=1S/C12H13N3O2/c1-7(11(13)16)14-12(17)10-6-8-4-2-3-5-9(8)15-10/h2-7,15H,1H3,(H2,13,16)(H,14,17). The Bertz CT molecular complexity index is 541. The minimum Gasteiger partial charge on any atom is -0.368 e. The number of H-pyrrole nitrogens is 1. The minimum atomic E-state index is -0.686. The zero-order chi connectivity index (χ0) is 12.4. The monoisotopic (exact) mass is 231 g/mol. The Morgan fingerprint density at radius 1 is 1.35 bits per heavy atom. The second kappa shape index (κ2) is 4.29. The summed E-state index contributed by atoms with van der Waals surface area (Å²) in [4.78, 5) is 25.6. The lowest BCUT2D eigenvalue weighted by atomic mass is 10.2. The predicted octanol–water partition coefficient (Wildman–Crippen LogP) is 0.772. The molecular weight excluding hydrogens is 218 g/mol. The Balaban J connectivity index is 2.22. The van der Waals surface area contributed by atoms with Crippen molar-refractivity contribution in [2.75, 3.05) is 0 Å². The van der Waals surface area contributed by atoms with Crippen LogP contribution in [0.4, 0.5) is 0 Å². The zero-order valence-electron chi connectivity index (χ0n) is 9.36. The summed E-state index contributed by atoms with van der Waals surface area (Å²) in [6.45, 7) is 1.54. The van der Waals surface area contributed by atoms with Crippen LogP contribution >= 0.6 is 0 Å². The molecule has 0 aliphatic heterocycles. The average molecular weight is 231 g/mol. The van der Waals surface area contributed by atoms with E-state index in [2.05, 4.69) is 10.3 Å². The number of carbonyl (C=O) groups excluding carboxylic acids is 2. The molecule has 0 aliphatic rings. The third-order valence-electron chi connectivity index (χ3n) is 2.55. The lowest BCUT2D eigenvalue weighted by Crippen LogP contribution is -2.42. The SMILES string of the molecule is CC(NC(=O)c1cc2ccccc2[nH]1)C(N)=O. The lowest BCUT2D eigenvalue weighted by Gasteiger charge is -2.08. The van der Waals surface area contributed by atoms with Gasteiger partial charge in [-0.15, -0.1) is 0 Å². The zero-order valence-corrected chi connectivity index (χ0v) is 9.36. The van der Waals surface area contributed by atoms with E-state index >= 15 is 0 Å². The van der Waals surface area contributed by atoms with Crippen LogP contribution in [0.1, 0.15) is 17.4 Å². The van der Waals surface area contributed by atoms with Gasteiger partial charge < -0.3 is 16.0 Å². The molecule has 4 N–H and O–H groups in total. The largest absolute Gasteiger partial charge is 0.368 e. The number of primary amides is 1. The van der Waals surface area contributed by atoms with Gasteiger partial charge in [0, 0.05) is 10.9 Å². The third-order valence-corrected chi connectivity index (χ3v) is 2.55. The predicted molar refractivity (Wildman–Crippen MR) is 64.4 cm³/mol. The van der Waals surface area contributed by atoms with Gasteiger partial charge in [-0.25, -0.2) is 0 Å². The van der Waals surface area contributed by atoms with E-state index in [1.54, 1.807) is 13.0 Å². The molecule has 0 bridgehead atoms. The first-order chi connectivity index (χ1) is 8.08. The van der Waals surface area contributed by atoms with Crippen molar-refractivity contribution >= 4 is 22.7 Å². The first-order valence-corrected chi connectivity index (χ1v) is 5.26. The number of nitrogens with two attached hydrogens (primary N) is 1. The van der Waals surface area contributed by atoms with E-state index < -0.39 is 11.9 Å². The molecule has 1 aromatic carbocycles. The van der Waals surface area contributed by atoms with Crippen LogP contribution in [0.2, 0.25) is 0 Å². The van der Waals surface area contributed by atoms with Crippen molar-refractivity contribution in [2.45, 2.75) is 13.0 Å². The molecule has 0 fully saturated rings. The van der Waals surface area contributed by atoms with Crippen LogP contribution in [-0.2, 0) is 4.79 Å². The van der Waals surface area contributed by atoms with E-state index in [9.17, 15) is 9.59 Å². The maximum absolute atomic E-state index is 11.8. The summed E-state index contributed by atoms with van der Waals surface area (Å²) < 4.78 is 0. The maximum atomic E-state index is 11.8. The molecule has 17 heavy (non-hydrogen) atoms. The van der Waals surface area contributed by atoms with Crippen molar-refractivity contribution in [1.29, 1.82) is 0 Å². The first-order valence-electron chi connectivity index (χ1n) is 5.26. The number of fused-ring (bicyclic) bond motifs is 1. The third kappa shape index (κ3) is 2.28. The summed E-state index contributed by atoms with van der Waals surface area (Å²) >= 11 is 0. The average Bonchev–Trinajstić information content (AvgIpc) is 2.72. The Morgan fingerprint density at radius 2 is 2.06 bits per heavy atom. The van der Waals surface area contributed by atoms with Crippen LogP contribution in [-0.4, -0.2) is 22.8 Å². The number of aromatic amines is 1. The molecule has 5 heteroatoms. The Labute approximate surface area is 98.0 Å². The topological polar surface area (TPSA) is 88.0 Å². The van der Waals surface area contributed by atoms with Gasteiger partial charge in [0.05, 0.1) is 0 Å². The number of hydrogen-bond donors (Lipinski definition) is 3. The number of carbonyl (C=O) groups is 2. The van der Waals surface area contributed by atoms with Gasteiger partial charge in [0.2, 0.25) is 5.91 Å². The van der Waals surface area contributed by atoms with Crippen molar-refractivity contribution in [2.24, 2.45) is 5.73 Å².